The van der Waals surface area contributed by atoms with E-state index in [0.29, 0.717) is 24.2 Å². The van der Waals surface area contributed by atoms with Crippen molar-refractivity contribution in [2.75, 3.05) is 6.61 Å². The first kappa shape index (κ1) is 16.1. The molecule has 0 aliphatic carbocycles. The zero-order valence-electron chi connectivity index (χ0n) is 11.2. The first-order chi connectivity index (χ1) is 9.51. The molecular formula is C14H18O6. The van der Waals surface area contributed by atoms with E-state index in [1.807, 2.05) is 0 Å². The maximum atomic E-state index is 11.3. The molecule has 0 heterocycles. The summed E-state index contributed by atoms with van der Waals surface area (Å²) in [5.41, 5.74) is 1.10. The summed E-state index contributed by atoms with van der Waals surface area (Å²) in [5.74, 6) is -1.75. The van der Waals surface area contributed by atoms with Crippen molar-refractivity contribution in [2.45, 2.75) is 32.5 Å². The molecule has 1 rings (SSSR count). The average Bonchev–Trinajstić information content (AvgIpc) is 2.43. The summed E-state index contributed by atoms with van der Waals surface area (Å²) in [6.45, 7) is 1.60. The first-order valence-electron chi connectivity index (χ1n) is 6.29. The second-order valence-electron chi connectivity index (χ2n) is 4.19. The van der Waals surface area contributed by atoms with Crippen molar-refractivity contribution in [1.29, 1.82) is 0 Å². The van der Waals surface area contributed by atoms with E-state index in [1.54, 1.807) is 19.1 Å². The van der Waals surface area contributed by atoms with Gasteiger partial charge in [0.25, 0.3) is 0 Å². The molecule has 0 radical (unpaired) electrons. The van der Waals surface area contributed by atoms with Crippen molar-refractivity contribution < 1.29 is 29.6 Å². The lowest BCUT2D eigenvalue weighted by atomic mass is 9.95. The maximum Gasteiger partial charge on any atom is 0.337 e. The van der Waals surface area contributed by atoms with E-state index < -0.39 is 18.7 Å². The fraction of sp³-hybridized carbons (Fsp3) is 0.429. The number of rotatable bonds is 7. The van der Waals surface area contributed by atoms with Crippen molar-refractivity contribution in [3.63, 3.8) is 0 Å². The van der Waals surface area contributed by atoms with Crippen LogP contribution < -0.4 is 0 Å². The van der Waals surface area contributed by atoms with Crippen LogP contribution in [0.25, 0.3) is 0 Å². The van der Waals surface area contributed by atoms with Gasteiger partial charge in [0.2, 0.25) is 0 Å². The summed E-state index contributed by atoms with van der Waals surface area (Å²) in [6.07, 6.45) is -1.25. The van der Waals surface area contributed by atoms with Gasteiger partial charge in [-0.3, -0.25) is 4.79 Å². The van der Waals surface area contributed by atoms with Gasteiger partial charge in [0.1, 0.15) is 0 Å². The Morgan fingerprint density at radius 2 is 2.05 bits per heavy atom. The molecule has 0 aliphatic rings. The molecule has 1 unspecified atom stereocenters. The van der Waals surface area contributed by atoms with Crippen molar-refractivity contribution in [3.05, 3.63) is 34.9 Å². The smallest absolute Gasteiger partial charge is 0.337 e. The van der Waals surface area contributed by atoms with Gasteiger partial charge in [0.15, 0.2) is 6.10 Å². The first-order valence-corrected chi connectivity index (χ1v) is 6.29. The molecule has 110 valence electrons. The van der Waals surface area contributed by atoms with E-state index in [9.17, 15) is 19.8 Å². The number of carboxylic acids is 1. The number of aliphatic hydroxyl groups excluding tert-OH is 2. The molecule has 1 aromatic rings. The summed E-state index contributed by atoms with van der Waals surface area (Å²) < 4.78 is 4.81. The highest BCUT2D eigenvalue weighted by molar-refractivity contribution is 5.75. The van der Waals surface area contributed by atoms with Crippen LogP contribution in [0.3, 0.4) is 0 Å². The highest BCUT2D eigenvalue weighted by Crippen LogP contribution is 2.23. The molecule has 6 heteroatoms. The molecule has 0 amide bonds. The third kappa shape index (κ3) is 4.04. The summed E-state index contributed by atoms with van der Waals surface area (Å²) >= 11 is 0. The Labute approximate surface area is 116 Å². The second-order valence-corrected chi connectivity index (χ2v) is 4.19. The number of ether oxygens (including phenoxy) is 1. The Hall–Kier alpha value is -1.92. The molecule has 0 bridgehead atoms. The molecule has 20 heavy (non-hydrogen) atoms. The lowest BCUT2D eigenvalue weighted by molar-refractivity contribution is -0.147. The van der Waals surface area contributed by atoms with Gasteiger partial charge in [0, 0.05) is 6.42 Å². The molecular weight excluding hydrogens is 264 g/mol. The molecule has 0 aliphatic heterocycles. The molecule has 3 N–H and O–H groups in total. The Morgan fingerprint density at radius 1 is 1.35 bits per heavy atom. The van der Waals surface area contributed by atoms with E-state index in [2.05, 4.69) is 0 Å². The minimum absolute atomic E-state index is 0.132. The molecule has 0 fully saturated rings. The van der Waals surface area contributed by atoms with Crippen molar-refractivity contribution in [1.82, 2.24) is 0 Å². The summed E-state index contributed by atoms with van der Waals surface area (Å²) in [4.78, 5) is 22.1. The number of hydrogen-bond acceptors (Lipinski definition) is 5. The number of aryl methyl sites for hydroxylation is 1. The van der Waals surface area contributed by atoms with Crippen LogP contribution >= 0.6 is 0 Å². The zero-order valence-corrected chi connectivity index (χ0v) is 11.2. The summed E-state index contributed by atoms with van der Waals surface area (Å²) in [7, 11) is 0. The van der Waals surface area contributed by atoms with Gasteiger partial charge >= 0.3 is 11.9 Å². The van der Waals surface area contributed by atoms with Crippen molar-refractivity contribution >= 4 is 11.9 Å². The number of carbonyl (C=O) groups is 2. The Kier molecular flexibility index (Phi) is 6.14. The largest absolute Gasteiger partial charge is 0.479 e. The zero-order chi connectivity index (χ0) is 15.1. The lowest BCUT2D eigenvalue weighted by Gasteiger charge is -2.15. The number of aliphatic carboxylic acids is 1. The third-order valence-corrected chi connectivity index (χ3v) is 2.90. The van der Waals surface area contributed by atoms with Crippen molar-refractivity contribution in [3.8, 4) is 0 Å². The van der Waals surface area contributed by atoms with Crippen LogP contribution in [0.4, 0.5) is 0 Å². The minimum atomic E-state index is -1.69. The number of hydrogen-bond donors (Lipinski definition) is 3. The summed E-state index contributed by atoms with van der Waals surface area (Å²) in [5, 5.41) is 27.8. The predicted molar refractivity (Wildman–Crippen MR) is 69.9 cm³/mol. The van der Waals surface area contributed by atoms with Crippen LogP contribution in [0.2, 0.25) is 0 Å². The number of carboxylic acid groups (broad SMARTS) is 1. The fourth-order valence-corrected chi connectivity index (χ4v) is 1.94. The SMILES string of the molecule is CCOC(=O)CCc1cccc(C(O)C(=O)O)c1CO. The van der Waals surface area contributed by atoms with Crippen LogP contribution in [0.5, 0.6) is 0 Å². The molecule has 6 nitrogen and oxygen atoms in total. The monoisotopic (exact) mass is 282 g/mol. The van der Waals surface area contributed by atoms with Gasteiger partial charge in [0.05, 0.1) is 13.2 Å². The van der Waals surface area contributed by atoms with Crippen LogP contribution in [-0.4, -0.2) is 33.9 Å². The second kappa shape index (κ2) is 7.62. The van der Waals surface area contributed by atoms with Crippen LogP contribution in [0.1, 0.15) is 36.1 Å². The average molecular weight is 282 g/mol. The lowest BCUT2D eigenvalue weighted by Crippen LogP contribution is -2.14. The topological polar surface area (TPSA) is 104 Å². The van der Waals surface area contributed by atoms with Gasteiger partial charge < -0.3 is 20.1 Å². The molecule has 0 saturated heterocycles. The van der Waals surface area contributed by atoms with Crippen LogP contribution in [0, 0.1) is 0 Å². The van der Waals surface area contributed by atoms with E-state index in [1.165, 1.54) is 6.07 Å². The van der Waals surface area contributed by atoms with Gasteiger partial charge in [-0.2, -0.15) is 0 Å². The predicted octanol–water partition coefficient (Wildman–Crippen LogP) is 0.793. The maximum absolute atomic E-state index is 11.3. The molecule has 1 aromatic carbocycles. The molecule has 0 saturated carbocycles. The van der Waals surface area contributed by atoms with E-state index in [0.717, 1.165) is 0 Å². The van der Waals surface area contributed by atoms with Gasteiger partial charge in [-0.1, -0.05) is 18.2 Å². The standard InChI is InChI=1S/C14H18O6/c1-2-20-12(16)7-6-9-4-3-5-10(11(9)8-15)13(17)14(18)19/h3-5,13,15,17H,2,6-8H2,1H3,(H,18,19). The number of benzene rings is 1. The highest BCUT2D eigenvalue weighted by Gasteiger charge is 2.21. The van der Waals surface area contributed by atoms with Crippen LogP contribution in [0.15, 0.2) is 18.2 Å². The van der Waals surface area contributed by atoms with E-state index >= 15 is 0 Å². The number of carbonyl (C=O) groups excluding carboxylic acids is 1. The van der Waals surface area contributed by atoms with Crippen molar-refractivity contribution in [2.24, 2.45) is 0 Å². The van der Waals surface area contributed by atoms with E-state index in [4.69, 9.17) is 9.84 Å². The normalized spacial score (nSPS) is 11.9. The Balaban J connectivity index is 2.94. The Bertz CT molecular complexity index is 483. The Morgan fingerprint density at radius 3 is 2.60 bits per heavy atom. The number of aliphatic hydroxyl groups is 2. The van der Waals surface area contributed by atoms with E-state index in [-0.39, 0.29) is 18.0 Å². The summed E-state index contributed by atoms with van der Waals surface area (Å²) in [6, 6.07) is 4.71. The number of esters is 1. The molecule has 0 spiro atoms. The van der Waals surface area contributed by atoms with Gasteiger partial charge in [-0.25, -0.2) is 4.79 Å². The minimum Gasteiger partial charge on any atom is -0.479 e. The third-order valence-electron chi connectivity index (χ3n) is 2.90. The quantitative estimate of drug-likeness (QED) is 0.639. The highest BCUT2D eigenvalue weighted by atomic mass is 16.5. The fourth-order valence-electron chi connectivity index (χ4n) is 1.94. The van der Waals surface area contributed by atoms with Crippen LogP contribution in [-0.2, 0) is 27.4 Å². The van der Waals surface area contributed by atoms with Gasteiger partial charge in [-0.15, -0.1) is 0 Å². The molecule has 0 aromatic heterocycles. The van der Waals surface area contributed by atoms with Gasteiger partial charge in [-0.05, 0) is 30.0 Å². The molecule has 1 atom stereocenters.